The minimum atomic E-state index is -4.25. The van der Waals surface area contributed by atoms with Crippen molar-refractivity contribution < 1.29 is 13.2 Å². The molecule has 2 aliphatic rings. The van der Waals surface area contributed by atoms with Gasteiger partial charge in [-0.15, -0.1) is 0 Å². The van der Waals surface area contributed by atoms with Crippen molar-refractivity contribution in [3.63, 3.8) is 0 Å². The van der Waals surface area contributed by atoms with Crippen LogP contribution in [0.5, 0.6) is 0 Å². The van der Waals surface area contributed by atoms with E-state index >= 15 is 0 Å². The molecule has 0 radical (unpaired) electrons. The lowest BCUT2D eigenvalue weighted by atomic mass is 9.70. The lowest BCUT2D eigenvalue weighted by Gasteiger charge is -2.37. The molecular weight excluding hydrogens is 215 g/mol. The topological polar surface area (TPSA) is 26.0 Å². The van der Waals surface area contributed by atoms with Gasteiger partial charge < -0.3 is 5.73 Å². The van der Waals surface area contributed by atoms with E-state index in [-0.39, 0.29) is 11.5 Å². The molecule has 2 aliphatic carbocycles. The third kappa shape index (κ3) is 1.29. The average Bonchev–Trinajstić information content (AvgIpc) is 2.84. The Morgan fingerprint density at radius 1 is 1.25 bits per heavy atom. The molecule has 4 heteroatoms. The maximum absolute atomic E-state index is 12.8. The molecule has 1 aromatic carbocycles. The first kappa shape index (κ1) is 10.1. The molecule has 0 amide bonds. The number of nitrogens with two attached hydrogens (primary N) is 1. The molecule has 1 unspecified atom stereocenters. The number of hydrogen-bond donors (Lipinski definition) is 1. The molecule has 2 N–H and O–H groups in total. The second-order valence-corrected chi connectivity index (χ2v) is 4.87. The molecule has 0 spiro atoms. The third-order valence-corrected chi connectivity index (χ3v) is 3.80. The van der Waals surface area contributed by atoms with Crippen molar-refractivity contribution in [1.29, 1.82) is 0 Å². The zero-order valence-corrected chi connectivity index (χ0v) is 8.64. The molecule has 0 aromatic heterocycles. The molecule has 0 aliphatic heterocycles. The van der Waals surface area contributed by atoms with Gasteiger partial charge in [0.2, 0.25) is 0 Å². The molecule has 86 valence electrons. The predicted octanol–water partition coefficient (Wildman–Crippen LogP) is 2.84. The molecule has 0 saturated heterocycles. The highest BCUT2D eigenvalue weighted by Crippen LogP contribution is 2.55. The Kier molecular flexibility index (Phi) is 1.78. The Bertz CT molecular complexity index is 446. The molecule has 1 atom stereocenters. The number of fused-ring (bicyclic) bond motifs is 1. The third-order valence-electron chi connectivity index (χ3n) is 3.80. The van der Waals surface area contributed by atoms with Crippen molar-refractivity contribution in [2.24, 2.45) is 5.73 Å². The van der Waals surface area contributed by atoms with Gasteiger partial charge in [-0.1, -0.05) is 12.1 Å². The van der Waals surface area contributed by atoms with Crippen molar-refractivity contribution in [1.82, 2.24) is 0 Å². The molecule has 1 saturated carbocycles. The summed E-state index contributed by atoms with van der Waals surface area (Å²) in [6, 6.07) is 4.41. The second-order valence-electron chi connectivity index (χ2n) is 4.87. The fourth-order valence-electron chi connectivity index (χ4n) is 2.62. The van der Waals surface area contributed by atoms with E-state index in [4.69, 9.17) is 5.73 Å². The summed E-state index contributed by atoms with van der Waals surface area (Å²) in [5.74, 6) is -0.0830. The summed E-state index contributed by atoms with van der Waals surface area (Å²) in [5.41, 5.74) is 6.44. The summed E-state index contributed by atoms with van der Waals surface area (Å²) in [4.78, 5) is 0. The fraction of sp³-hybridized carbons (Fsp3) is 0.500. The van der Waals surface area contributed by atoms with E-state index in [0.717, 1.165) is 24.5 Å². The molecule has 0 bridgehead atoms. The Hall–Kier alpha value is -1.03. The van der Waals surface area contributed by atoms with Gasteiger partial charge in [0.15, 0.2) is 0 Å². The van der Waals surface area contributed by atoms with E-state index in [2.05, 4.69) is 0 Å². The van der Waals surface area contributed by atoms with Gasteiger partial charge in [-0.3, -0.25) is 0 Å². The maximum atomic E-state index is 12.8. The largest absolute Gasteiger partial charge is 0.416 e. The molecule has 0 heterocycles. The van der Waals surface area contributed by atoms with Crippen molar-refractivity contribution in [2.45, 2.75) is 36.9 Å². The Labute approximate surface area is 91.4 Å². The highest BCUT2D eigenvalue weighted by molar-refractivity contribution is 5.50. The lowest BCUT2D eigenvalue weighted by Crippen LogP contribution is -2.39. The number of rotatable bonds is 1. The number of hydrogen-bond acceptors (Lipinski definition) is 1. The predicted molar refractivity (Wildman–Crippen MR) is 54.0 cm³/mol. The zero-order valence-electron chi connectivity index (χ0n) is 8.64. The van der Waals surface area contributed by atoms with Crippen LogP contribution < -0.4 is 5.73 Å². The van der Waals surface area contributed by atoms with E-state index < -0.39 is 11.7 Å². The SMILES string of the molecule is NC1(C2Cc3cccc(C(F)(F)F)c32)CC1. The summed E-state index contributed by atoms with van der Waals surface area (Å²) in [6.07, 6.45) is -1.85. The van der Waals surface area contributed by atoms with Crippen LogP contribution in [0.25, 0.3) is 0 Å². The lowest BCUT2D eigenvalue weighted by molar-refractivity contribution is -0.138. The van der Waals surface area contributed by atoms with Gasteiger partial charge >= 0.3 is 6.18 Å². The van der Waals surface area contributed by atoms with Crippen LogP contribution in [0, 0.1) is 0 Å². The highest BCUT2D eigenvalue weighted by atomic mass is 19.4. The summed E-state index contributed by atoms with van der Waals surface area (Å²) >= 11 is 0. The van der Waals surface area contributed by atoms with Gasteiger partial charge in [0.25, 0.3) is 0 Å². The van der Waals surface area contributed by atoms with Gasteiger partial charge in [0.05, 0.1) is 5.56 Å². The van der Waals surface area contributed by atoms with Crippen LogP contribution in [0.4, 0.5) is 13.2 Å². The molecule has 3 rings (SSSR count). The van der Waals surface area contributed by atoms with Crippen LogP contribution in [0.1, 0.15) is 35.4 Å². The summed E-state index contributed by atoms with van der Waals surface area (Å²) < 4.78 is 38.4. The number of halogens is 3. The van der Waals surface area contributed by atoms with E-state index in [1.807, 2.05) is 0 Å². The van der Waals surface area contributed by atoms with E-state index in [9.17, 15) is 13.2 Å². The van der Waals surface area contributed by atoms with Crippen LogP contribution in [-0.2, 0) is 12.6 Å². The van der Waals surface area contributed by atoms with Crippen LogP contribution in [0.3, 0.4) is 0 Å². The van der Waals surface area contributed by atoms with Gasteiger partial charge in [-0.05, 0) is 36.5 Å². The first-order valence-corrected chi connectivity index (χ1v) is 5.40. The van der Waals surface area contributed by atoms with Crippen LogP contribution in [0.2, 0.25) is 0 Å². The number of alkyl halides is 3. The monoisotopic (exact) mass is 227 g/mol. The summed E-state index contributed by atoms with van der Waals surface area (Å²) in [6.45, 7) is 0. The van der Waals surface area contributed by atoms with E-state index in [1.54, 1.807) is 6.07 Å². The Morgan fingerprint density at radius 3 is 2.50 bits per heavy atom. The molecule has 1 fully saturated rings. The van der Waals surface area contributed by atoms with Crippen molar-refractivity contribution in [3.05, 3.63) is 34.9 Å². The van der Waals surface area contributed by atoms with Crippen molar-refractivity contribution in [3.8, 4) is 0 Å². The Morgan fingerprint density at radius 2 is 1.94 bits per heavy atom. The molecule has 1 aromatic rings. The van der Waals surface area contributed by atoms with Gasteiger partial charge in [0.1, 0.15) is 0 Å². The van der Waals surface area contributed by atoms with Crippen molar-refractivity contribution >= 4 is 0 Å². The second kappa shape index (κ2) is 2.80. The smallest absolute Gasteiger partial charge is 0.325 e. The minimum absolute atomic E-state index is 0.0830. The first-order valence-electron chi connectivity index (χ1n) is 5.40. The van der Waals surface area contributed by atoms with E-state index in [1.165, 1.54) is 6.07 Å². The standard InChI is InChI=1S/C12H12F3N/c13-12(14,15)8-3-1-2-7-6-9(10(7)8)11(16)4-5-11/h1-3,9H,4-6,16H2. The average molecular weight is 227 g/mol. The maximum Gasteiger partial charge on any atom is 0.416 e. The van der Waals surface area contributed by atoms with Gasteiger partial charge in [0, 0.05) is 11.5 Å². The molecule has 16 heavy (non-hydrogen) atoms. The zero-order chi connectivity index (χ0) is 11.6. The fourth-order valence-corrected chi connectivity index (χ4v) is 2.62. The highest BCUT2D eigenvalue weighted by Gasteiger charge is 2.53. The van der Waals surface area contributed by atoms with Crippen LogP contribution >= 0.6 is 0 Å². The van der Waals surface area contributed by atoms with E-state index in [0.29, 0.717) is 12.0 Å². The first-order chi connectivity index (χ1) is 7.42. The van der Waals surface area contributed by atoms with Gasteiger partial charge in [-0.2, -0.15) is 13.2 Å². The normalized spacial score (nSPS) is 25.9. The van der Waals surface area contributed by atoms with Crippen LogP contribution in [-0.4, -0.2) is 5.54 Å². The summed E-state index contributed by atoms with van der Waals surface area (Å²) in [7, 11) is 0. The molecular formula is C12H12F3N. The van der Waals surface area contributed by atoms with Gasteiger partial charge in [-0.25, -0.2) is 0 Å². The number of benzene rings is 1. The summed E-state index contributed by atoms with van der Waals surface area (Å²) in [5, 5.41) is 0. The minimum Gasteiger partial charge on any atom is -0.325 e. The quantitative estimate of drug-likeness (QED) is 0.784. The van der Waals surface area contributed by atoms with Crippen LogP contribution in [0.15, 0.2) is 18.2 Å². The molecule has 1 nitrogen and oxygen atoms in total. The Balaban J connectivity index is 2.06. The van der Waals surface area contributed by atoms with Crippen molar-refractivity contribution in [2.75, 3.05) is 0 Å².